The first kappa shape index (κ1) is 21.9. The SMILES string of the molecule is CCC(C(=O)O)n1c2c(c3cc(F)ccc31)C[C@@H](NC(=O)CCc1cccc(O)c1)CC2. The molecule has 0 fully saturated rings. The average Bonchev–Trinajstić information content (AvgIpc) is 3.06. The van der Waals surface area contributed by atoms with Crippen molar-refractivity contribution in [1.29, 1.82) is 0 Å². The number of carbonyl (C=O) groups is 2. The zero-order valence-corrected chi connectivity index (χ0v) is 18.0. The maximum atomic E-state index is 14.0. The molecule has 0 saturated carbocycles. The van der Waals surface area contributed by atoms with Gasteiger partial charge in [0.2, 0.25) is 5.91 Å². The lowest BCUT2D eigenvalue weighted by Gasteiger charge is -2.26. The smallest absolute Gasteiger partial charge is 0.326 e. The Bertz CT molecular complexity index is 1170. The molecule has 0 spiro atoms. The van der Waals surface area contributed by atoms with Crippen LogP contribution in [0.4, 0.5) is 4.39 Å². The average molecular weight is 438 g/mol. The summed E-state index contributed by atoms with van der Waals surface area (Å²) in [6, 6.07) is 10.5. The molecule has 0 radical (unpaired) electrons. The largest absolute Gasteiger partial charge is 0.508 e. The highest BCUT2D eigenvalue weighted by molar-refractivity contribution is 5.88. The van der Waals surface area contributed by atoms with Gasteiger partial charge in [-0.1, -0.05) is 19.1 Å². The van der Waals surface area contributed by atoms with Crippen LogP contribution in [0.3, 0.4) is 0 Å². The lowest BCUT2D eigenvalue weighted by atomic mass is 9.91. The monoisotopic (exact) mass is 438 g/mol. The fraction of sp³-hybridized carbons (Fsp3) is 0.360. The lowest BCUT2D eigenvalue weighted by Crippen LogP contribution is -2.39. The second kappa shape index (κ2) is 9.02. The van der Waals surface area contributed by atoms with E-state index in [9.17, 15) is 24.2 Å². The van der Waals surface area contributed by atoms with Crippen molar-refractivity contribution in [3.8, 4) is 5.75 Å². The Morgan fingerprint density at radius 1 is 1.25 bits per heavy atom. The number of carbonyl (C=O) groups excluding carboxylic acids is 1. The number of phenolic OH excluding ortho intramolecular Hbond substituents is 1. The molecule has 3 aromatic rings. The zero-order chi connectivity index (χ0) is 22.8. The van der Waals surface area contributed by atoms with Crippen LogP contribution in [0.2, 0.25) is 0 Å². The quantitative estimate of drug-likeness (QED) is 0.517. The van der Waals surface area contributed by atoms with Crippen molar-refractivity contribution in [2.45, 2.75) is 57.5 Å². The van der Waals surface area contributed by atoms with Crippen LogP contribution in [0.1, 0.15) is 49.0 Å². The molecule has 0 aliphatic heterocycles. The number of carboxylic acids is 1. The minimum atomic E-state index is -0.904. The van der Waals surface area contributed by atoms with E-state index < -0.39 is 12.0 Å². The summed E-state index contributed by atoms with van der Waals surface area (Å²) in [6.45, 7) is 1.83. The number of hydrogen-bond donors (Lipinski definition) is 3. The van der Waals surface area contributed by atoms with Crippen LogP contribution in [0.25, 0.3) is 10.9 Å². The van der Waals surface area contributed by atoms with Crippen molar-refractivity contribution in [3.05, 3.63) is 65.1 Å². The van der Waals surface area contributed by atoms with Gasteiger partial charge in [-0.25, -0.2) is 9.18 Å². The van der Waals surface area contributed by atoms with Crippen LogP contribution in [-0.4, -0.2) is 32.7 Å². The van der Waals surface area contributed by atoms with Crippen molar-refractivity contribution in [1.82, 2.24) is 9.88 Å². The summed E-state index contributed by atoms with van der Waals surface area (Å²) in [4.78, 5) is 24.4. The number of hydrogen-bond acceptors (Lipinski definition) is 3. The summed E-state index contributed by atoms with van der Waals surface area (Å²) in [5.41, 5.74) is 3.46. The van der Waals surface area contributed by atoms with E-state index in [1.165, 1.54) is 12.1 Å². The number of benzene rings is 2. The highest BCUT2D eigenvalue weighted by Gasteiger charge is 2.30. The predicted octanol–water partition coefficient (Wildman–Crippen LogP) is 4.13. The van der Waals surface area contributed by atoms with Gasteiger partial charge in [0.1, 0.15) is 17.6 Å². The summed E-state index contributed by atoms with van der Waals surface area (Å²) in [5.74, 6) is -1.16. The third kappa shape index (κ3) is 4.33. The van der Waals surface area contributed by atoms with Gasteiger partial charge in [-0.05, 0) is 73.6 Å². The number of fused-ring (bicyclic) bond motifs is 3. The molecule has 32 heavy (non-hydrogen) atoms. The number of aryl methyl sites for hydroxylation is 1. The third-order valence-electron chi connectivity index (χ3n) is 6.26. The topological polar surface area (TPSA) is 91.6 Å². The molecule has 2 aromatic carbocycles. The van der Waals surface area contributed by atoms with E-state index in [-0.39, 0.29) is 23.5 Å². The minimum absolute atomic E-state index is 0.0753. The van der Waals surface area contributed by atoms with Crippen LogP contribution in [-0.2, 0) is 28.9 Å². The van der Waals surface area contributed by atoms with Crippen LogP contribution in [0, 0.1) is 5.82 Å². The van der Waals surface area contributed by atoms with Gasteiger partial charge in [-0.2, -0.15) is 0 Å². The number of rotatable bonds is 7. The van der Waals surface area contributed by atoms with Crippen LogP contribution < -0.4 is 5.32 Å². The van der Waals surface area contributed by atoms with Crippen molar-refractivity contribution < 1.29 is 24.2 Å². The van der Waals surface area contributed by atoms with Crippen molar-refractivity contribution in [3.63, 3.8) is 0 Å². The molecular weight excluding hydrogens is 411 g/mol. The summed E-state index contributed by atoms with van der Waals surface area (Å²) >= 11 is 0. The predicted molar refractivity (Wildman–Crippen MR) is 119 cm³/mol. The van der Waals surface area contributed by atoms with E-state index in [0.717, 1.165) is 27.7 Å². The zero-order valence-electron chi connectivity index (χ0n) is 18.0. The summed E-state index contributed by atoms with van der Waals surface area (Å²) in [5, 5.41) is 23.1. The number of nitrogens with one attached hydrogen (secondary N) is 1. The van der Waals surface area contributed by atoms with Crippen molar-refractivity contribution >= 4 is 22.8 Å². The minimum Gasteiger partial charge on any atom is -0.508 e. The molecule has 1 heterocycles. The number of amides is 1. The first-order chi connectivity index (χ1) is 15.4. The Morgan fingerprint density at radius 2 is 2.06 bits per heavy atom. The standard InChI is InChI=1S/C25H27FN2O4/c1-2-21(25(31)32)28-22-9-7-16(26)13-19(22)20-14-17(8-10-23(20)28)27-24(30)11-6-15-4-3-5-18(29)12-15/h3-5,7,9,12-13,17,21,29H,2,6,8,10-11,14H2,1H3,(H,27,30)(H,31,32)/t17-,21?/m0/s1. The van der Waals surface area contributed by atoms with Gasteiger partial charge in [-0.3, -0.25) is 4.79 Å². The number of aromatic nitrogens is 1. The second-order valence-corrected chi connectivity index (χ2v) is 8.40. The highest BCUT2D eigenvalue weighted by atomic mass is 19.1. The molecule has 1 aliphatic carbocycles. The Labute approximate surface area is 185 Å². The molecule has 168 valence electrons. The molecule has 7 heteroatoms. The molecule has 1 amide bonds. The van der Waals surface area contributed by atoms with Crippen LogP contribution in [0.5, 0.6) is 5.75 Å². The van der Waals surface area contributed by atoms with E-state index >= 15 is 0 Å². The highest BCUT2D eigenvalue weighted by Crippen LogP contribution is 2.36. The van der Waals surface area contributed by atoms with Gasteiger partial charge in [0.25, 0.3) is 0 Å². The third-order valence-corrected chi connectivity index (χ3v) is 6.26. The Balaban J connectivity index is 1.54. The van der Waals surface area contributed by atoms with Gasteiger partial charge < -0.3 is 20.1 Å². The molecule has 3 N–H and O–H groups in total. The Hall–Kier alpha value is -3.35. The lowest BCUT2D eigenvalue weighted by molar-refractivity contribution is -0.141. The van der Waals surface area contributed by atoms with E-state index in [0.29, 0.717) is 38.5 Å². The van der Waals surface area contributed by atoms with Gasteiger partial charge in [0.05, 0.1) is 0 Å². The maximum absolute atomic E-state index is 14.0. The Kier molecular flexibility index (Phi) is 6.17. The molecule has 1 aromatic heterocycles. The number of nitrogens with zero attached hydrogens (tertiary/aromatic N) is 1. The van der Waals surface area contributed by atoms with Gasteiger partial charge in [0.15, 0.2) is 0 Å². The molecule has 1 unspecified atom stereocenters. The van der Waals surface area contributed by atoms with E-state index in [2.05, 4.69) is 5.32 Å². The first-order valence-electron chi connectivity index (χ1n) is 11.0. The molecule has 2 atom stereocenters. The van der Waals surface area contributed by atoms with Gasteiger partial charge in [0, 0.05) is 29.1 Å². The van der Waals surface area contributed by atoms with Crippen molar-refractivity contribution in [2.24, 2.45) is 0 Å². The van der Waals surface area contributed by atoms with Gasteiger partial charge >= 0.3 is 5.97 Å². The molecule has 4 rings (SSSR count). The van der Waals surface area contributed by atoms with E-state index in [1.807, 2.05) is 17.6 Å². The van der Waals surface area contributed by atoms with E-state index in [4.69, 9.17) is 0 Å². The van der Waals surface area contributed by atoms with E-state index in [1.54, 1.807) is 24.3 Å². The Morgan fingerprint density at radius 3 is 2.78 bits per heavy atom. The fourth-order valence-electron chi connectivity index (χ4n) is 4.78. The fourth-order valence-corrected chi connectivity index (χ4v) is 4.78. The second-order valence-electron chi connectivity index (χ2n) is 8.40. The number of halogens is 1. The number of aromatic hydroxyl groups is 1. The molecule has 6 nitrogen and oxygen atoms in total. The van der Waals surface area contributed by atoms with Crippen LogP contribution >= 0.6 is 0 Å². The normalized spacial score (nSPS) is 16.5. The number of aliphatic carboxylic acids is 1. The molecule has 0 bridgehead atoms. The van der Waals surface area contributed by atoms with Crippen molar-refractivity contribution in [2.75, 3.05) is 0 Å². The molecule has 0 saturated heterocycles. The summed E-state index contributed by atoms with van der Waals surface area (Å²) in [6.07, 6.45) is 3.11. The van der Waals surface area contributed by atoms with Crippen LogP contribution in [0.15, 0.2) is 42.5 Å². The maximum Gasteiger partial charge on any atom is 0.326 e. The summed E-state index contributed by atoms with van der Waals surface area (Å²) in [7, 11) is 0. The number of carboxylic acid groups (broad SMARTS) is 1. The first-order valence-corrected chi connectivity index (χ1v) is 11.0. The number of phenols is 1. The molecular formula is C25H27FN2O4. The summed E-state index contributed by atoms with van der Waals surface area (Å²) < 4.78 is 15.9. The van der Waals surface area contributed by atoms with Gasteiger partial charge in [-0.15, -0.1) is 0 Å². The molecule has 1 aliphatic rings.